The number of carbonyl (C=O) groups excluding carboxylic acids is 4. The molecule has 8 heteroatoms. The highest BCUT2D eigenvalue weighted by Gasteiger charge is 2.11. The van der Waals surface area contributed by atoms with Crippen LogP contribution < -0.4 is 21.7 Å². The number of benzene rings is 1. The molecule has 0 atom stereocenters. The minimum atomic E-state index is -0.468. The molecule has 0 aromatic heterocycles. The Balaban J connectivity index is 2.35. The van der Waals surface area contributed by atoms with Crippen LogP contribution >= 0.6 is 0 Å². The fourth-order valence-electron chi connectivity index (χ4n) is 2.72. The number of unbranched alkanes of at least 4 members (excludes halogenated alkanes) is 6. The lowest BCUT2D eigenvalue weighted by molar-refractivity contribution is -0.122. The molecule has 0 heterocycles. The first kappa shape index (κ1) is 25.1. The first-order valence-electron chi connectivity index (χ1n) is 10.8. The smallest absolute Gasteiger partial charge is 0.269 e. The van der Waals surface area contributed by atoms with Crippen molar-refractivity contribution < 1.29 is 19.2 Å². The summed E-state index contributed by atoms with van der Waals surface area (Å²) in [4.78, 5) is 47.6. The van der Waals surface area contributed by atoms with Gasteiger partial charge in [-0.15, -0.1) is 0 Å². The van der Waals surface area contributed by atoms with Crippen LogP contribution in [-0.4, -0.2) is 23.6 Å². The number of carbonyl (C=O) groups is 4. The van der Waals surface area contributed by atoms with Gasteiger partial charge in [0.1, 0.15) is 0 Å². The van der Waals surface area contributed by atoms with Gasteiger partial charge in [-0.1, -0.05) is 52.4 Å². The molecule has 0 spiro atoms. The van der Waals surface area contributed by atoms with Crippen LogP contribution in [0.1, 0.15) is 98.8 Å². The number of amides is 4. The Morgan fingerprint density at radius 3 is 1.27 bits per heavy atom. The summed E-state index contributed by atoms with van der Waals surface area (Å²) < 4.78 is 0. The minimum absolute atomic E-state index is 0.235. The molecule has 0 unspecified atom stereocenters. The van der Waals surface area contributed by atoms with Gasteiger partial charge in [0.2, 0.25) is 11.8 Å². The summed E-state index contributed by atoms with van der Waals surface area (Å²) >= 11 is 0. The van der Waals surface area contributed by atoms with Gasteiger partial charge in [0, 0.05) is 24.0 Å². The zero-order valence-corrected chi connectivity index (χ0v) is 18.0. The zero-order chi connectivity index (χ0) is 22.2. The predicted octanol–water partition coefficient (Wildman–Crippen LogP) is 3.15. The van der Waals surface area contributed by atoms with Crippen LogP contribution in [0.3, 0.4) is 0 Å². The van der Waals surface area contributed by atoms with Gasteiger partial charge in [-0.3, -0.25) is 40.9 Å². The van der Waals surface area contributed by atoms with Crippen molar-refractivity contribution in [1.29, 1.82) is 0 Å². The SMILES string of the molecule is CCCCCCC(=O)NNC(=O)c1ccc(C(=O)NNC(=O)CCCCCC)cc1. The number of nitrogens with one attached hydrogen (secondary N) is 4. The summed E-state index contributed by atoms with van der Waals surface area (Å²) in [7, 11) is 0. The monoisotopic (exact) mass is 418 g/mol. The first-order valence-corrected chi connectivity index (χ1v) is 10.8. The fourth-order valence-corrected chi connectivity index (χ4v) is 2.72. The molecule has 0 bridgehead atoms. The van der Waals surface area contributed by atoms with Gasteiger partial charge in [0.05, 0.1) is 0 Å². The van der Waals surface area contributed by atoms with Gasteiger partial charge < -0.3 is 0 Å². The van der Waals surface area contributed by atoms with Gasteiger partial charge >= 0.3 is 0 Å². The van der Waals surface area contributed by atoms with E-state index in [2.05, 4.69) is 35.6 Å². The average Bonchev–Trinajstić information content (AvgIpc) is 2.76. The molecule has 4 N–H and O–H groups in total. The van der Waals surface area contributed by atoms with Crippen LogP contribution in [0.4, 0.5) is 0 Å². The second kappa shape index (κ2) is 15.0. The lowest BCUT2D eigenvalue weighted by Crippen LogP contribution is -2.42. The van der Waals surface area contributed by atoms with Crippen molar-refractivity contribution in [3.8, 4) is 0 Å². The Kier molecular flexibility index (Phi) is 12.6. The number of rotatable bonds is 12. The highest BCUT2D eigenvalue weighted by atomic mass is 16.2. The summed E-state index contributed by atoms with van der Waals surface area (Å²) in [5.74, 6) is -1.41. The Bertz CT molecular complexity index is 630. The highest BCUT2D eigenvalue weighted by molar-refractivity contribution is 5.98. The lowest BCUT2D eigenvalue weighted by Gasteiger charge is -2.09. The highest BCUT2D eigenvalue weighted by Crippen LogP contribution is 2.05. The standard InChI is InChI=1S/C22H34N4O4/c1-3-5-7-9-11-19(27)23-25-21(29)17-13-15-18(16-14-17)22(30)26-24-20(28)12-10-8-6-4-2/h13-16H,3-12H2,1-2H3,(H,23,27)(H,24,28)(H,25,29)(H,26,30). The van der Waals surface area contributed by atoms with E-state index < -0.39 is 11.8 Å². The van der Waals surface area contributed by atoms with E-state index in [1.807, 2.05) is 0 Å². The third-order valence-electron chi connectivity index (χ3n) is 4.55. The van der Waals surface area contributed by atoms with E-state index in [0.717, 1.165) is 51.4 Å². The van der Waals surface area contributed by atoms with Crippen molar-refractivity contribution in [2.75, 3.05) is 0 Å². The van der Waals surface area contributed by atoms with Crippen LogP contribution in [0.2, 0.25) is 0 Å². The number of hydrogen-bond acceptors (Lipinski definition) is 4. The Morgan fingerprint density at radius 1 is 0.567 bits per heavy atom. The van der Waals surface area contributed by atoms with Gasteiger partial charge in [-0.05, 0) is 37.1 Å². The molecule has 0 saturated carbocycles. The normalized spacial score (nSPS) is 10.2. The maximum Gasteiger partial charge on any atom is 0.269 e. The Hall–Kier alpha value is -2.90. The van der Waals surface area contributed by atoms with Crippen molar-refractivity contribution in [3.05, 3.63) is 35.4 Å². The second-order valence-electron chi connectivity index (χ2n) is 7.20. The van der Waals surface area contributed by atoms with E-state index in [9.17, 15) is 19.2 Å². The first-order chi connectivity index (χ1) is 14.5. The third-order valence-corrected chi connectivity index (χ3v) is 4.55. The molecule has 0 aliphatic heterocycles. The van der Waals surface area contributed by atoms with Crippen molar-refractivity contribution in [2.45, 2.75) is 78.1 Å². The predicted molar refractivity (Wildman–Crippen MR) is 115 cm³/mol. The summed E-state index contributed by atoms with van der Waals surface area (Å²) in [6.07, 6.45) is 8.64. The van der Waals surface area contributed by atoms with Gasteiger partial charge in [0.25, 0.3) is 11.8 Å². The van der Waals surface area contributed by atoms with E-state index in [0.29, 0.717) is 24.0 Å². The Morgan fingerprint density at radius 2 is 0.933 bits per heavy atom. The molecule has 0 fully saturated rings. The van der Waals surface area contributed by atoms with Crippen LogP contribution in [-0.2, 0) is 9.59 Å². The summed E-state index contributed by atoms with van der Waals surface area (Å²) in [5.41, 5.74) is 10.1. The van der Waals surface area contributed by atoms with Crippen molar-refractivity contribution in [1.82, 2.24) is 21.7 Å². The molecule has 8 nitrogen and oxygen atoms in total. The molecule has 4 amide bonds. The molecule has 0 aliphatic rings. The quantitative estimate of drug-likeness (QED) is 0.308. The average molecular weight is 419 g/mol. The van der Waals surface area contributed by atoms with E-state index in [-0.39, 0.29) is 11.8 Å². The van der Waals surface area contributed by atoms with Crippen molar-refractivity contribution in [2.24, 2.45) is 0 Å². The molecule has 166 valence electrons. The van der Waals surface area contributed by atoms with Gasteiger partial charge in [-0.25, -0.2) is 0 Å². The molecule has 1 aromatic rings. The van der Waals surface area contributed by atoms with Crippen LogP contribution in [0, 0.1) is 0 Å². The zero-order valence-electron chi connectivity index (χ0n) is 18.0. The van der Waals surface area contributed by atoms with Crippen molar-refractivity contribution in [3.63, 3.8) is 0 Å². The maximum absolute atomic E-state index is 12.1. The summed E-state index contributed by atoms with van der Waals surface area (Å²) in [6, 6.07) is 5.91. The maximum atomic E-state index is 12.1. The van der Waals surface area contributed by atoms with E-state index in [1.54, 1.807) is 0 Å². The molecule has 30 heavy (non-hydrogen) atoms. The summed E-state index contributed by atoms with van der Waals surface area (Å²) in [5, 5.41) is 0. The lowest BCUT2D eigenvalue weighted by atomic mass is 10.1. The molecule has 1 aromatic carbocycles. The minimum Gasteiger partial charge on any atom is -0.273 e. The summed E-state index contributed by atoms with van der Waals surface area (Å²) in [6.45, 7) is 4.20. The van der Waals surface area contributed by atoms with E-state index in [1.165, 1.54) is 24.3 Å². The Labute approximate surface area is 178 Å². The molecular formula is C22H34N4O4. The molecular weight excluding hydrogens is 384 g/mol. The largest absolute Gasteiger partial charge is 0.273 e. The van der Waals surface area contributed by atoms with Crippen LogP contribution in [0.5, 0.6) is 0 Å². The second-order valence-corrected chi connectivity index (χ2v) is 7.20. The van der Waals surface area contributed by atoms with Crippen LogP contribution in [0.15, 0.2) is 24.3 Å². The third kappa shape index (κ3) is 10.6. The topological polar surface area (TPSA) is 116 Å². The van der Waals surface area contributed by atoms with Crippen LogP contribution in [0.25, 0.3) is 0 Å². The molecule has 1 rings (SSSR count). The van der Waals surface area contributed by atoms with E-state index >= 15 is 0 Å². The number of hydrogen-bond donors (Lipinski definition) is 4. The van der Waals surface area contributed by atoms with Gasteiger partial charge in [-0.2, -0.15) is 0 Å². The van der Waals surface area contributed by atoms with Crippen molar-refractivity contribution >= 4 is 23.6 Å². The number of hydrazine groups is 2. The van der Waals surface area contributed by atoms with E-state index in [4.69, 9.17) is 0 Å². The van der Waals surface area contributed by atoms with Gasteiger partial charge in [0.15, 0.2) is 0 Å². The molecule has 0 saturated heterocycles. The fraction of sp³-hybridized carbons (Fsp3) is 0.545. The molecule has 0 radical (unpaired) electrons. The molecule has 0 aliphatic carbocycles.